The summed E-state index contributed by atoms with van der Waals surface area (Å²) in [6, 6.07) is 0. The first-order valence-corrected chi connectivity index (χ1v) is 2.14. The summed E-state index contributed by atoms with van der Waals surface area (Å²) >= 11 is 0. The summed E-state index contributed by atoms with van der Waals surface area (Å²) in [4.78, 5) is 9.73. The van der Waals surface area contributed by atoms with Crippen molar-refractivity contribution in [3.8, 4) is 0 Å². The van der Waals surface area contributed by atoms with Gasteiger partial charge in [0.25, 0.3) is 0 Å². The summed E-state index contributed by atoms with van der Waals surface area (Å²) in [6.07, 6.45) is -2.86. The van der Waals surface area contributed by atoms with Gasteiger partial charge in [0, 0.05) is 0 Å². The summed E-state index contributed by atoms with van der Waals surface area (Å²) in [5.74, 6) is -1.40. The highest BCUT2D eigenvalue weighted by atomic mass is 16.4. The maximum atomic E-state index is 9.73. The summed E-state index contributed by atoms with van der Waals surface area (Å²) in [5, 5.41) is 24.7. The molecule has 3 N–H and O–H groups in total. The fraction of sp³-hybridized carbons (Fsp3) is 0.750. The monoisotopic (exact) mass is 120 g/mol. The summed E-state index contributed by atoms with van der Waals surface area (Å²) in [6.45, 7) is 1.21. The molecule has 0 spiro atoms. The van der Waals surface area contributed by atoms with Gasteiger partial charge in [0.15, 0.2) is 6.10 Å². The van der Waals surface area contributed by atoms with Crippen molar-refractivity contribution in [1.29, 1.82) is 0 Å². The standard InChI is InChI=1S/C4H8O4/c1-2(5)3(6)4(7)8/h2-3,5-6H,1H3,(H,7,8)/t2-,3?/m0/s1. The van der Waals surface area contributed by atoms with E-state index in [1.807, 2.05) is 0 Å². The van der Waals surface area contributed by atoms with Gasteiger partial charge in [-0.2, -0.15) is 0 Å². The first kappa shape index (κ1) is 7.39. The number of hydrogen-bond acceptors (Lipinski definition) is 3. The highest BCUT2D eigenvalue weighted by molar-refractivity contribution is 5.72. The first-order valence-electron chi connectivity index (χ1n) is 2.14. The van der Waals surface area contributed by atoms with Crippen molar-refractivity contribution >= 4 is 5.97 Å². The molecule has 0 fully saturated rings. The number of aliphatic carboxylic acids is 1. The molecule has 0 aliphatic carbocycles. The zero-order valence-corrected chi connectivity index (χ0v) is 4.40. The summed E-state index contributed by atoms with van der Waals surface area (Å²) in [7, 11) is 0. The zero-order chi connectivity index (χ0) is 6.73. The Morgan fingerprint density at radius 2 is 1.88 bits per heavy atom. The number of carboxylic acids is 1. The van der Waals surface area contributed by atoms with E-state index < -0.39 is 18.2 Å². The van der Waals surface area contributed by atoms with Crippen LogP contribution in [0.5, 0.6) is 0 Å². The van der Waals surface area contributed by atoms with E-state index in [-0.39, 0.29) is 0 Å². The molecule has 0 aliphatic rings. The topological polar surface area (TPSA) is 77.8 Å². The SMILES string of the molecule is C[C@H](O)C(O)C(=O)O. The quantitative estimate of drug-likeness (QED) is 0.428. The molecule has 4 heteroatoms. The van der Waals surface area contributed by atoms with Crippen molar-refractivity contribution in [3.05, 3.63) is 0 Å². The van der Waals surface area contributed by atoms with E-state index in [2.05, 4.69) is 0 Å². The molecule has 0 saturated heterocycles. The normalized spacial score (nSPS) is 17.4. The molecule has 2 atom stereocenters. The van der Waals surface area contributed by atoms with E-state index in [1.165, 1.54) is 6.92 Å². The molecule has 0 aromatic rings. The molecular formula is C4H8O4. The van der Waals surface area contributed by atoms with Crippen LogP contribution in [0, 0.1) is 0 Å². The number of aliphatic hydroxyl groups is 2. The van der Waals surface area contributed by atoms with Gasteiger partial charge < -0.3 is 15.3 Å². The molecule has 48 valence electrons. The van der Waals surface area contributed by atoms with Crippen LogP contribution in [0.25, 0.3) is 0 Å². The third-order valence-corrected chi connectivity index (χ3v) is 0.710. The van der Waals surface area contributed by atoms with Crippen LogP contribution in [0.4, 0.5) is 0 Å². The van der Waals surface area contributed by atoms with Crippen molar-refractivity contribution in [2.75, 3.05) is 0 Å². The molecule has 0 aromatic heterocycles. The van der Waals surface area contributed by atoms with Crippen LogP contribution >= 0.6 is 0 Å². The highest BCUT2D eigenvalue weighted by Gasteiger charge is 2.18. The number of carboxylic acid groups (broad SMARTS) is 1. The number of hydrogen-bond donors (Lipinski definition) is 3. The van der Waals surface area contributed by atoms with Crippen LogP contribution in [0.3, 0.4) is 0 Å². The van der Waals surface area contributed by atoms with E-state index in [4.69, 9.17) is 15.3 Å². The average Bonchev–Trinajstić information content (AvgIpc) is 1.64. The molecule has 0 heterocycles. The smallest absolute Gasteiger partial charge is 0.335 e. The van der Waals surface area contributed by atoms with Gasteiger partial charge >= 0.3 is 5.97 Å². The van der Waals surface area contributed by atoms with Crippen molar-refractivity contribution < 1.29 is 20.1 Å². The molecule has 4 nitrogen and oxygen atoms in total. The van der Waals surface area contributed by atoms with Gasteiger partial charge in [-0.3, -0.25) is 0 Å². The molecule has 0 radical (unpaired) electrons. The maximum absolute atomic E-state index is 9.73. The minimum atomic E-state index is -1.66. The lowest BCUT2D eigenvalue weighted by Gasteiger charge is -2.05. The molecule has 0 saturated carbocycles. The van der Waals surface area contributed by atoms with Crippen molar-refractivity contribution in [1.82, 2.24) is 0 Å². The first-order chi connectivity index (χ1) is 3.55. The molecule has 0 amide bonds. The van der Waals surface area contributed by atoms with Gasteiger partial charge in [-0.25, -0.2) is 4.79 Å². The fourth-order valence-corrected chi connectivity index (χ4v) is 0.206. The van der Waals surface area contributed by atoms with Crippen LogP contribution in [0.15, 0.2) is 0 Å². The summed E-state index contributed by atoms with van der Waals surface area (Å²) < 4.78 is 0. The van der Waals surface area contributed by atoms with Gasteiger partial charge in [0.05, 0.1) is 6.10 Å². The predicted molar refractivity (Wildman–Crippen MR) is 25.3 cm³/mol. The van der Waals surface area contributed by atoms with Crippen LogP contribution in [-0.4, -0.2) is 33.5 Å². The Labute approximate surface area is 46.4 Å². The van der Waals surface area contributed by atoms with Crippen LogP contribution < -0.4 is 0 Å². The lowest BCUT2D eigenvalue weighted by atomic mass is 10.2. The lowest BCUT2D eigenvalue weighted by molar-refractivity contribution is -0.151. The predicted octanol–water partition coefficient (Wildman–Crippen LogP) is -1.19. The third-order valence-electron chi connectivity index (χ3n) is 0.710. The molecule has 8 heavy (non-hydrogen) atoms. The van der Waals surface area contributed by atoms with Gasteiger partial charge in [0.1, 0.15) is 0 Å². The Hall–Kier alpha value is -0.610. The molecule has 0 aliphatic heterocycles. The Kier molecular flexibility index (Phi) is 2.44. The zero-order valence-electron chi connectivity index (χ0n) is 4.40. The number of carbonyl (C=O) groups is 1. The molecule has 1 unspecified atom stereocenters. The van der Waals surface area contributed by atoms with Crippen molar-refractivity contribution in [2.45, 2.75) is 19.1 Å². The Morgan fingerprint density at radius 3 is 1.88 bits per heavy atom. The van der Waals surface area contributed by atoms with Gasteiger partial charge in [-0.1, -0.05) is 0 Å². The second-order valence-corrected chi connectivity index (χ2v) is 1.52. The Morgan fingerprint density at radius 1 is 1.50 bits per heavy atom. The largest absolute Gasteiger partial charge is 0.479 e. The van der Waals surface area contributed by atoms with Crippen molar-refractivity contribution in [3.63, 3.8) is 0 Å². The highest BCUT2D eigenvalue weighted by Crippen LogP contribution is 1.89. The van der Waals surface area contributed by atoms with Crippen LogP contribution in [0.2, 0.25) is 0 Å². The average molecular weight is 120 g/mol. The van der Waals surface area contributed by atoms with Crippen LogP contribution in [0.1, 0.15) is 6.92 Å². The van der Waals surface area contributed by atoms with Gasteiger partial charge in [-0.15, -0.1) is 0 Å². The number of aliphatic hydroxyl groups excluding tert-OH is 2. The van der Waals surface area contributed by atoms with E-state index in [0.29, 0.717) is 0 Å². The van der Waals surface area contributed by atoms with E-state index >= 15 is 0 Å². The Bertz CT molecular complexity index is 88.0. The van der Waals surface area contributed by atoms with E-state index in [0.717, 1.165) is 0 Å². The molecule has 0 aromatic carbocycles. The second-order valence-electron chi connectivity index (χ2n) is 1.52. The maximum Gasteiger partial charge on any atom is 0.335 e. The minimum Gasteiger partial charge on any atom is -0.479 e. The lowest BCUT2D eigenvalue weighted by Crippen LogP contribution is -2.30. The fourth-order valence-electron chi connectivity index (χ4n) is 0.206. The molecule has 0 bridgehead atoms. The van der Waals surface area contributed by atoms with Gasteiger partial charge in [0.2, 0.25) is 0 Å². The van der Waals surface area contributed by atoms with Crippen LogP contribution in [-0.2, 0) is 4.79 Å². The van der Waals surface area contributed by atoms with E-state index in [9.17, 15) is 4.79 Å². The van der Waals surface area contributed by atoms with E-state index in [1.54, 1.807) is 0 Å². The summed E-state index contributed by atoms with van der Waals surface area (Å²) in [5.41, 5.74) is 0. The van der Waals surface area contributed by atoms with Crippen molar-refractivity contribution in [2.24, 2.45) is 0 Å². The Balaban J connectivity index is 3.64. The number of rotatable bonds is 2. The second kappa shape index (κ2) is 2.64. The molecule has 0 rings (SSSR count). The third kappa shape index (κ3) is 1.90. The van der Waals surface area contributed by atoms with Gasteiger partial charge in [-0.05, 0) is 6.92 Å². The minimum absolute atomic E-state index is 1.20. The molecular weight excluding hydrogens is 112 g/mol.